The quantitative estimate of drug-likeness (QED) is 0.578. The number of nitrogens with zero attached hydrogens (tertiary/aromatic N) is 2. The second kappa shape index (κ2) is 10.8. The van der Waals surface area contributed by atoms with Crippen LogP contribution in [0.2, 0.25) is 5.02 Å². The maximum atomic E-state index is 12.7. The maximum absolute atomic E-state index is 12.7. The molecule has 8 nitrogen and oxygen atoms in total. The van der Waals surface area contributed by atoms with E-state index in [2.05, 4.69) is 5.32 Å². The van der Waals surface area contributed by atoms with Crippen molar-refractivity contribution in [3.63, 3.8) is 0 Å². The monoisotopic (exact) mass is 499 g/mol. The molecule has 0 unspecified atom stereocenters. The van der Waals surface area contributed by atoms with E-state index in [1.54, 1.807) is 59.5 Å². The second-order valence-corrected chi connectivity index (χ2v) is 9.15. The zero-order chi connectivity index (χ0) is 24.1. The van der Waals surface area contributed by atoms with Crippen LogP contribution in [0.1, 0.15) is 18.4 Å². The van der Waals surface area contributed by atoms with E-state index in [9.17, 15) is 19.2 Å². The Morgan fingerprint density at radius 1 is 1.09 bits per heavy atom. The molecule has 2 saturated heterocycles. The van der Waals surface area contributed by atoms with Gasteiger partial charge in [-0.15, -0.1) is 0 Å². The summed E-state index contributed by atoms with van der Waals surface area (Å²) in [6.45, 7) is 0.845. The molecule has 10 heteroatoms. The lowest BCUT2D eigenvalue weighted by atomic mass is 10.2. The van der Waals surface area contributed by atoms with Crippen molar-refractivity contribution >= 4 is 58.1 Å². The molecule has 2 aromatic rings. The summed E-state index contributed by atoms with van der Waals surface area (Å²) in [5, 5.41) is 2.63. The first kappa shape index (κ1) is 23.8. The number of imide groups is 1. The lowest BCUT2D eigenvalue weighted by molar-refractivity contribution is -0.135. The van der Waals surface area contributed by atoms with E-state index >= 15 is 0 Å². The van der Waals surface area contributed by atoms with Crippen LogP contribution < -0.4 is 10.1 Å². The summed E-state index contributed by atoms with van der Waals surface area (Å²) in [6.07, 6.45) is 3.45. The normalized spacial score (nSPS) is 16.9. The summed E-state index contributed by atoms with van der Waals surface area (Å²) in [6, 6.07) is 13.7. The van der Waals surface area contributed by atoms with Gasteiger partial charge in [-0.1, -0.05) is 35.9 Å². The van der Waals surface area contributed by atoms with Crippen LogP contribution in [0.4, 0.5) is 10.5 Å². The predicted molar refractivity (Wildman–Crippen MR) is 131 cm³/mol. The van der Waals surface area contributed by atoms with E-state index in [-0.39, 0.29) is 29.9 Å². The van der Waals surface area contributed by atoms with Crippen molar-refractivity contribution in [3.8, 4) is 5.75 Å². The number of hydrogen-bond donors (Lipinski definition) is 1. The fourth-order valence-corrected chi connectivity index (χ4v) is 4.60. The number of anilines is 1. The van der Waals surface area contributed by atoms with Gasteiger partial charge in [0.25, 0.3) is 17.1 Å². The summed E-state index contributed by atoms with van der Waals surface area (Å²) < 4.78 is 5.56. The van der Waals surface area contributed by atoms with Crippen molar-refractivity contribution in [3.05, 3.63) is 64.0 Å². The van der Waals surface area contributed by atoms with Crippen LogP contribution >= 0.6 is 23.4 Å². The van der Waals surface area contributed by atoms with E-state index in [4.69, 9.17) is 16.3 Å². The van der Waals surface area contributed by atoms with Gasteiger partial charge >= 0.3 is 0 Å². The number of hydrogen-bond acceptors (Lipinski definition) is 6. The number of rotatable bonds is 7. The highest BCUT2D eigenvalue weighted by Gasteiger charge is 2.37. The van der Waals surface area contributed by atoms with Gasteiger partial charge in [0.2, 0.25) is 5.91 Å². The van der Waals surface area contributed by atoms with Crippen molar-refractivity contribution in [2.75, 3.05) is 31.6 Å². The highest BCUT2D eigenvalue weighted by molar-refractivity contribution is 8.18. The first-order chi connectivity index (χ1) is 16.4. The first-order valence-electron chi connectivity index (χ1n) is 10.7. The van der Waals surface area contributed by atoms with Crippen molar-refractivity contribution in [1.82, 2.24) is 9.80 Å². The molecule has 0 saturated carbocycles. The Balaban J connectivity index is 1.36. The van der Waals surface area contributed by atoms with E-state index in [1.165, 1.54) is 0 Å². The molecule has 0 bridgehead atoms. The van der Waals surface area contributed by atoms with Crippen LogP contribution in [-0.2, 0) is 14.4 Å². The standard InChI is InChI=1S/C24H22ClN3O5S/c25-18-8-1-2-9-19(18)26-21(29)15-33-17-7-5-6-16(12-17)13-20-23(31)28(24(32)34-20)14-22(30)27-10-3-4-11-27/h1-2,5-9,12-13H,3-4,10-11,14-15H2,(H,26,29)/b20-13-. The van der Waals surface area contributed by atoms with Gasteiger partial charge in [-0.05, 0) is 60.5 Å². The average Bonchev–Trinajstić information content (AvgIpc) is 3.45. The molecule has 34 heavy (non-hydrogen) atoms. The summed E-state index contributed by atoms with van der Waals surface area (Å²) in [5.41, 5.74) is 1.12. The molecule has 0 aromatic heterocycles. The Bertz CT molecular complexity index is 1160. The Morgan fingerprint density at radius 3 is 2.62 bits per heavy atom. The molecule has 0 aliphatic carbocycles. The SMILES string of the molecule is O=C(COc1cccc(/C=C2\SC(=O)N(CC(=O)N3CCCC3)C2=O)c1)Nc1ccccc1Cl. The van der Waals surface area contributed by atoms with Crippen LogP contribution in [0.25, 0.3) is 6.08 Å². The fraction of sp³-hybridized carbons (Fsp3) is 0.250. The zero-order valence-corrected chi connectivity index (χ0v) is 19.7. The van der Waals surface area contributed by atoms with Crippen LogP contribution in [-0.4, -0.2) is 59.0 Å². The van der Waals surface area contributed by atoms with Crippen LogP contribution in [0.15, 0.2) is 53.4 Å². The van der Waals surface area contributed by atoms with Crippen LogP contribution in [0.3, 0.4) is 0 Å². The van der Waals surface area contributed by atoms with Gasteiger partial charge in [-0.25, -0.2) is 0 Å². The number of ether oxygens (including phenoxy) is 1. The molecule has 0 atom stereocenters. The number of thioether (sulfide) groups is 1. The van der Waals surface area contributed by atoms with E-state index in [0.717, 1.165) is 29.5 Å². The summed E-state index contributed by atoms with van der Waals surface area (Å²) in [5.74, 6) is -0.659. The van der Waals surface area contributed by atoms with Gasteiger partial charge in [-0.3, -0.25) is 24.1 Å². The smallest absolute Gasteiger partial charge is 0.294 e. The summed E-state index contributed by atoms with van der Waals surface area (Å²) in [7, 11) is 0. The second-order valence-electron chi connectivity index (χ2n) is 7.74. The number of likely N-dealkylation sites (tertiary alicyclic amines) is 1. The molecule has 0 spiro atoms. The fourth-order valence-electron chi connectivity index (χ4n) is 3.58. The van der Waals surface area contributed by atoms with Gasteiger partial charge < -0.3 is 15.0 Å². The third kappa shape index (κ3) is 5.78. The van der Waals surface area contributed by atoms with E-state index in [0.29, 0.717) is 35.1 Å². The van der Waals surface area contributed by atoms with E-state index < -0.39 is 11.1 Å². The third-order valence-corrected chi connectivity index (χ3v) is 6.54. The van der Waals surface area contributed by atoms with Crippen molar-refractivity contribution in [2.24, 2.45) is 0 Å². The molecule has 4 amide bonds. The highest BCUT2D eigenvalue weighted by Crippen LogP contribution is 2.32. The molecule has 2 aromatic carbocycles. The molecular weight excluding hydrogens is 478 g/mol. The summed E-state index contributed by atoms with van der Waals surface area (Å²) >= 11 is 6.84. The molecule has 2 fully saturated rings. The van der Waals surface area contributed by atoms with Crippen molar-refractivity contribution in [1.29, 1.82) is 0 Å². The van der Waals surface area contributed by atoms with Crippen molar-refractivity contribution < 1.29 is 23.9 Å². The minimum atomic E-state index is -0.493. The minimum Gasteiger partial charge on any atom is -0.484 e. The topological polar surface area (TPSA) is 96.0 Å². The number of carbonyl (C=O) groups excluding carboxylic acids is 4. The molecule has 2 heterocycles. The Hall–Kier alpha value is -3.30. The number of halogens is 1. The summed E-state index contributed by atoms with van der Waals surface area (Å²) in [4.78, 5) is 52.5. The lowest BCUT2D eigenvalue weighted by Gasteiger charge is -2.18. The maximum Gasteiger partial charge on any atom is 0.294 e. The number of para-hydroxylation sites is 1. The van der Waals surface area contributed by atoms with Gasteiger partial charge in [0.15, 0.2) is 6.61 Å². The molecule has 0 radical (unpaired) electrons. The molecule has 2 aliphatic heterocycles. The molecule has 4 rings (SSSR count). The van der Waals surface area contributed by atoms with Gasteiger partial charge in [-0.2, -0.15) is 0 Å². The highest BCUT2D eigenvalue weighted by atomic mass is 35.5. The molecular formula is C24H22ClN3O5S. The lowest BCUT2D eigenvalue weighted by Crippen LogP contribution is -2.40. The number of carbonyl (C=O) groups is 4. The molecule has 2 aliphatic rings. The first-order valence-corrected chi connectivity index (χ1v) is 11.9. The molecule has 176 valence electrons. The molecule has 1 N–H and O–H groups in total. The van der Waals surface area contributed by atoms with Gasteiger partial charge in [0, 0.05) is 13.1 Å². The number of benzene rings is 2. The third-order valence-electron chi connectivity index (χ3n) is 5.30. The number of amides is 4. The average molecular weight is 500 g/mol. The van der Waals surface area contributed by atoms with Gasteiger partial charge in [0.1, 0.15) is 12.3 Å². The number of nitrogens with one attached hydrogen (secondary N) is 1. The van der Waals surface area contributed by atoms with Crippen molar-refractivity contribution in [2.45, 2.75) is 12.8 Å². The minimum absolute atomic E-state index is 0.216. The predicted octanol–water partition coefficient (Wildman–Crippen LogP) is 4.02. The van der Waals surface area contributed by atoms with E-state index in [1.807, 2.05) is 0 Å². The van der Waals surface area contributed by atoms with Crippen LogP contribution in [0.5, 0.6) is 5.75 Å². The Morgan fingerprint density at radius 2 is 1.85 bits per heavy atom. The Labute approximate surface area is 205 Å². The van der Waals surface area contributed by atoms with Gasteiger partial charge in [0.05, 0.1) is 15.6 Å². The largest absolute Gasteiger partial charge is 0.484 e. The Kier molecular flexibility index (Phi) is 7.54. The zero-order valence-electron chi connectivity index (χ0n) is 18.2. The van der Waals surface area contributed by atoms with Crippen LogP contribution in [0, 0.1) is 0 Å².